The van der Waals surface area contributed by atoms with Crippen LogP contribution >= 0.6 is 0 Å². The number of nitrogens with zero attached hydrogens (tertiary/aromatic N) is 4. The summed E-state index contributed by atoms with van der Waals surface area (Å²) >= 11 is 0. The van der Waals surface area contributed by atoms with Crippen LogP contribution in [0.15, 0.2) is 46.0 Å². The van der Waals surface area contributed by atoms with Crippen molar-refractivity contribution in [3.05, 3.63) is 73.9 Å². The Kier molecular flexibility index (Phi) is 4.43. The quantitative estimate of drug-likeness (QED) is 0.507. The van der Waals surface area contributed by atoms with E-state index in [1.165, 1.54) is 16.8 Å². The van der Waals surface area contributed by atoms with Gasteiger partial charge in [-0.05, 0) is 36.6 Å². The smallest absolute Gasteiger partial charge is 0.264 e. The van der Waals surface area contributed by atoms with Gasteiger partial charge >= 0.3 is 0 Å². The number of ether oxygens (including phenoxy) is 1. The van der Waals surface area contributed by atoms with Crippen LogP contribution in [0.25, 0.3) is 16.7 Å². The minimum absolute atomic E-state index is 0.121. The summed E-state index contributed by atoms with van der Waals surface area (Å²) in [4.78, 5) is 37.4. The fourth-order valence-corrected chi connectivity index (χ4v) is 4.28. The molecule has 10 nitrogen and oxygen atoms in total. The lowest BCUT2D eigenvalue weighted by Crippen LogP contribution is -2.30. The number of pyridine rings is 1. The first-order chi connectivity index (χ1) is 15.4. The van der Waals surface area contributed by atoms with Crippen molar-refractivity contribution in [3.63, 3.8) is 0 Å². The zero-order valence-corrected chi connectivity index (χ0v) is 17.7. The standard InChI is InChI=1S/C22H20N6O4/c1-11-20-14(15-8-12-4-5-13(32-3)9-16(12)27(2)22(15)31)10-19(30)23-21(20)28(26-11)17-6-7-18(29)25-24-17/h4-9,14H,10H2,1-3H3,(H,23,30)(H,25,29)/t14-/m0/s1. The molecule has 0 fully saturated rings. The highest BCUT2D eigenvalue weighted by molar-refractivity contribution is 5.95. The second kappa shape index (κ2) is 7.19. The monoisotopic (exact) mass is 432 g/mol. The number of fused-ring (bicyclic) bond motifs is 2. The Morgan fingerprint density at radius 2 is 1.94 bits per heavy atom. The Labute approximate surface area is 181 Å². The van der Waals surface area contributed by atoms with E-state index in [0.717, 1.165) is 16.5 Å². The van der Waals surface area contributed by atoms with Crippen LogP contribution in [0, 0.1) is 6.92 Å². The molecule has 5 rings (SSSR count). The Morgan fingerprint density at radius 3 is 2.66 bits per heavy atom. The number of hydrogen-bond acceptors (Lipinski definition) is 6. The molecular formula is C22H20N6O4. The third-order valence-corrected chi connectivity index (χ3v) is 5.82. The first-order valence-corrected chi connectivity index (χ1v) is 10.0. The molecule has 0 spiro atoms. The number of nitrogens with one attached hydrogen (secondary N) is 2. The predicted molar refractivity (Wildman–Crippen MR) is 118 cm³/mol. The number of rotatable bonds is 3. The number of aryl methyl sites for hydroxylation is 2. The molecule has 4 heterocycles. The Morgan fingerprint density at radius 1 is 1.12 bits per heavy atom. The fourth-order valence-electron chi connectivity index (χ4n) is 4.28. The number of carbonyl (C=O) groups is 1. The molecule has 162 valence electrons. The van der Waals surface area contributed by atoms with Gasteiger partial charge in [0.1, 0.15) is 11.6 Å². The van der Waals surface area contributed by atoms with E-state index in [9.17, 15) is 14.4 Å². The van der Waals surface area contributed by atoms with Gasteiger partial charge in [0.2, 0.25) is 5.91 Å². The topological polar surface area (TPSA) is 124 Å². The summed E-state index contributed by atoms with van der Waals surface area (Å²) in [6, 6.07) is 10.2. The van der Waals surface area contributed by atoms with Crippen molar-refractivity contribution in [3.8, 4) is 11.6 Å². The summed E-state index contributed by atoms with van der Waals surface area (Å²) in [5.74, 6) is 0.754. The molecule has 0 saturated heterocycles. The van der Waals surface area contributed by atoms with Crippen molar-refractivity contribution in [2.24, 2.45) is 7.05 Å². The van der Waals surface area contributed by atoms with Crippen molar-refractivity contribution >= 4 is 22.6 Å². The summed E-state index contributed by atoms with van der Waals surface area (Å²) in [6.07, 6.45) is 0.121. The minimum atomic E-state index is -0.472. The minimum Gasteiger partial charge on any atom is -0.497 e. The Hall–Kier alpha value is -4.21. The molecule has 1 aliphatic heterocycles. The van der Waals surface area contributed by atoms with Gasteiger partial charge in [-0.3, -0.25) is 14.4 Å². The first-order valence-electron chi connectivity index (χ1n) is 10.0. The Balaban J connectivity index is 1.72. The highest BCUT2D eigenvalue weighted by atomic mass is 16.5. The number of benzene rings is 1. The van der Waals surface area contributed by atoms with Crippen molar-refractivity contribution in [2.45, 2.75) is 19.3 Å². The highest BCUT2D eigenvalue weighted by Gasteiger charge is 2.34. The van der Waals surface area contributed by atoms with E-state index in [1.54, 1.807) is 18.7 Å². The van der Waals surface area contributed by atoms with Crippen LogP contribution < -0.4 is 21.2 Å². The van der Waals surface area contributed by atoms with Crippen molar-refractivity contribution in [2.75, 3.05) is 12.4 Å². The van der Waals surface area contributed by atoms with Gasteiger partial charge in [0, 0.05) is 42.6 Å². The lowest BCUT2D eigenvalue weighted by molar-refractivity contribution is -0.116. The van der Waals surface area contributed by atoms with Gasteiger partial charge in [0.25, 0.3) is 11.1 Å². The molecule has 4 aromatic rings. The van der Waals surface area contributed by atoms with E-state index < -0.39 is 5.92 Å². The molecule has 0 unspecified atom stereocenters. The third kappa shape index (κ3) is 2.99. The average molecular weight is 432 g/mol. The highest BCUT2D eigenvalue weighted by Crippen LogP contribution is 2.39. The van der Waals surface area contributed by atoms with Crippen LogP contribution in [-0.4, -0.2) is 37.6 Å². The molecular weight excluding hydrogens is 412 g/mol. The summed E-state index contributed by atoms with van der Waals surface area (Å²) in [6.45, 7) is 1.82. The van der Waals surface area contributed by atoms with E-state index in [-0.39, 0.29) is 23.4 Å². The van der Waals surface area contributed by atoms with Crippen molar-refractivity contribution in [1.29, 1.82) is 0 Å². The van der Waals surface area contributed by atoms with Crippen LogP contribution in [0.3, 0.4) is 0 Å². The van der Waals surface area contributed by atoms with Crippen molar-refractivity contribution in [1.82, 2.24) is 24.5 Å². The van der Waals surface area contributed by atoms with Crippen LogP contribution in [0.2, 0.25) is 0 Å². The molecule has 0 saturated carbocycles. The number of anilines is 1. The SMILES string of the molecule is COc1ccc2cc([C@@H]3CC(=O)Nc4c3c(C)nn4-c3ccc(=O)[nH]n3)c(=O)n(C)c2c1. The number of carbonyl (C=O) groups excluding carboxylic acids is 1. The summed E-state index contributed by atoms with van der Waals surface area (Å²) in [7, 11) is 3.28. The molecule has 1 aliphatic rings. The van der Waals surface area contributed by atoms with Gasteiger partial charge in [-0.25, -0.2) is 5.10 Å². The molecule has 0 aliphatic carbocycles. The number of hydrogen-bond donors (Lipinski definition) is 2. The van der Waals surface area contributed by atoms with Gasteiger partial charge in [0.15, 0.2) is 5.82 Å². The lowest BCUT2D eigenvalue weighted by atomic mass is 9.86. The number of methoxy groups -OCH3 is 1. The molecule has 2 N–H and O–H groups in total. The zero-order chi connectivity index (χ0) is 22.6. The Bertz CT molecular complexity index is 1490. The van der Waals surface area contributed by atoms with Gasteiger partial charge in [-0.2, -0.15) is 14.9 Å². The second-order valence-electron chi connectivity index (χ2n) is 7.73. The molecule has 32 heavy (non-hydrogen) atoms. The molecule has 1 atom stereocenters. The van der Waals surface area contributed by atoms with E-state index in [1.807, 2.05) is 31.2 Å². The van der Waals surface area contributed by atoms with E-state index >= 15 is 0 Å². The molecule has 0 bridgehead atoms. The lowest BCUT2D eigenvalue weighted by Gasteiger charge is -2.24. The number of amides is 1. The molecule has 0 radical (unpaired) electrons. The summed E-state index contributed by atoms with van der Waals surface area (Å²) in [5.41, 5.74) is 2.13. The maximum atomic E-state index is 13.3. The molecule has 3 aromatic heterocycles. The second-order valence-corrected chi connectivity index (χ2v) is 7.73. The number of aromatic amines is 1. The van der Waals surface area contributed by atoms with Crippen LogP contribution in [-0.2, 0) is 11.8 Å². The van der Waals surface area contributed by atoms with Crippen LogP contribution in [0.4, 0.5) is 5.82 Å². The maximum absolute atomic E-state index is 13.3. The fraction of sp³-hybridized carbons (Fsp3) is 0.227. The van der Waals surface area contributed by atoms with Crippen molar-refractivity contribution < 1.29 is 9.53 Å². The first kappa shape index (κ1) is 19.7. The van der Waals surface area contributed by atoms with Crippen LogP contribution in [0.5, 0.6) is 5.75 Å². The molecule has 10 heteroatoms. The molecule has 1 amide bonds. The van der Waals surface area contributed by atoms with Gasteiger partial charge in [-0.15, -0.1) is 0 Å². The summed E-state index contributed by atoms with van der Waals surface area (Å²) in [5, 5.41) is 14.6. The van der Waals surface area contributed by atoms with Gasteiger partial charge in [0.05, 0.1) is 18.3 Å². The van der Waals surface area contributed by atoms with Gasteiger partial charge in [-0.1, -0.05) is 0 Å². The van der Waals surface area contributed by atoms with Gasteiger partial charge < -0.3 is 14.6 Å². The maximum Gasteiger partial charge on any atom is 0.264 e. The van der Waals surface area contributed by atoms with Crippen LogP contribution in [0.1, 0.15) is 29.2 Å². The normalized spacial score (nSPS) is 15.5. The third-order valence-electron chi connectivity index (χ3n) is 5.82. The summed E-state index contributed by atoms with van der Waals surface area (Å²) < 4.78 is 8.33. The predicted octanol–water partition coefficient (Wildman–Crippen LogP) is 1.60. The number of aromatic nitrogens is 5. The zero-order valence-electron chi connectivity index (χ0n) is 17.7. The average Bonchev–Trinajstić information content (AvgIpc) is 3.12. The number of H-pyrrole nitrogens is 1. The largest absolute Gasteiger partial charge is 0.497 e. The van der Waals surface area contributed by atoms with E-state index in [4.69, 9.17) is 4.74 Å². The van der Waals surface area contributed by atoms with E-state index in [2.05, 4.69) is 20.6 Å². The van der Waals surface area contributed by atoms with E-state index in [0.29, 0.717) is 28.6 Å². The molecule has 1 aromatic carbocycles.